The second kappa shape index (κ2) is 7.45. The van der Waals surface area contributed by atoms with Gasteiger partial charge in [0.15, 0.2) is 0 Å². The van der Waals surface area contributed by atoms with Crippen LogP contribution in [-0.2, 0) is 11.3 Å². The van der Waals surface area contributed by atoms with Crippen LogP contribution in [0.3, 0.4) is 0 Å². The summed E-state index contributed by atoms with van der Waals surface area (Å²) in [5.74, 6) is 0.716. The van der Waals surface area contributed by atoms with Gasteiger partial charge in [0.05, 0.1) is 6.61 Å². The molecule has 1 spiro atoms. The third-order valence-electron chi connectivity index (χ3n) is 6.85. The van der Waals surface area contributed by atoms with Crippen molar-refractivity contribution in [2.75, 3.05) is 39.9 Å². The molecule has 0 unspecified atom stereocenters. The summed E-state index contributed by atoms with van der Waals surface area (Å²) in [4.78, 5) is 7.01. The van der Waals surface area contributed by atoms with Gasteiger partial charge in [-0.3, -0.25) is 4.90 Å². The van der Waals surface area contributed by atoms with E-state index in [4.69, 9.17) is 4.74 Å². The molecule has 1 aliphatic carbocycles. The number of thiophene rings is 1. The number of hydrogen-bond donors (Lipinski definition) is 0. The Morgan fingerprint density at radius 1 is 1.25 bits per heavy atom. The van der Waals surface area contributed by atoms with E-state index >= 15 is 0 Å². The highest BCUT2D eigenvalue weighted by molar-refractivity contribution is 7.09. The van der Waals surface area contributed by atoms with Crippen molar-refractivity contribution >= 4 is 11.3 Å². The molecule has 3 fully saturated rings. The third kappa shape index (κ3) is 3.44. The maximum atomic E-state index is 5.63. The Morgan fingerprint density at radius 3 is 2.71 bits per heavy atom. The molecule has 1 aromatic rings. The highest BCUT2D eigenvalue weighted by Gasteiger charge is 2.48. The maximum Gasteiger partial charge on any atom is 0.0508 e. The van der Waals surface area contributed by atoms with Gasteiger partial charge in [-0.05, 0) is 55.6 Å². The number of piperidine rings is 1. The Morgan fingerprint density at radius 2 is 2.04 bits per heavy atom. The molecule has 0 aromatic carbocycles. The molecule has 24 heavy (non-hydrogen) atoms. The molecule has 2 aliphatic heterocycles. The smallest absolute Gasteiger partial charge is 0.0508 e. The topological polar surface area (TPSA) is 15.7 Å². The van der Waals surface area contributed by atoms with Gasteiger partial charge in [-0.1, -0.05) is 18.9 Å². The Kier molecular flexibility index (Phi) is 5.28. The van der Waals surface area contributed by atoms with E-state index in [0.717, 1.165) is 19.2 Å². The second-order valence-corrected chi connectivity index (χ2v) is 9.27. The quantitative estimate of drug-likeness (QED) is 0.804. The van der Waals surface area contributed by atoms with E-state index in [9.17, 15) is 0 Å². The summed E-state index contributed by atoms with van der Waals surface area (Å²) in [6, 6.07) is 5.36. The fraction of sp³-hybridized carbons (Fsp3) is 0.800. The molecule has 0 bridgehead atoms. The molecule has 1 saturated carbocycles. The van der Waals surface area contributed by atoms with E-state index in [2.05, 4.69) is 27.3 Å². The largest absolute Gasteiger partial charge is 0.384 e. The first kappa shape index (κ1) is 17.0. The lowest BCUT2D eigenvalue weighted by Gasteiger charge is -2.44. The molecule has 1 atom stereocenters. The fourth-order valence-corrected chi connectivity index (χ4v) is 6.23. The highest BCUT2D eigenvalue weighted by Crippen LogP contribution is 2.46. The van der Waals surface area contributed by atoms with Gasteiger partial charge in [0, 0.05) is 43.6 Å². The van der Waals surface area contributed by atoms with Crippen molar-refractivity contribution in [1.29, 1.82) is 0 Å². The summed E-state index contributed by atoms with van der Waals surface area (Å²) in [5, 5.41) is 2.20. The second-order valence-electron chi connectivity index (χ2n) is 8.24. The molecular formula is C20H32N2OS. The molecular weight excluding hydrogens is 316 g/mol. The zero-order chi connectivity index (χ0) is 16.4. The van der Waals surface area contributed by atoms with Crippen LogP contribution in [0.1, 0.15) is 43.4 Å². The molecule has 3 heterocycles. The summed E-state index contributed by atoms with van der Waals surface area (Å²) >= 11 is 1.90. The molecule has 1 aromatic heterocycles. The van der Waals surface area contributed by atoms with Crippen LogP contribution in [-0.4, -0.2) is 55.7 Å². The molecule has 4 heteroatoms. The van der Waals surface area contributed by atoms with Crippen LogP contribution in [0.5, 0.6) is 0 Å². The van der Waals surface area contributed by atoms with E-state index in [1.807, 2.05) is 18.4 Å². The van der Waals surface area contributed by atoms with E-state index in [-0.39, 0.29) is 0 Å². The number of rotatable bonds is 5. The molecule has 3 nitrogen and oxygen atoms in total. The SMILES string of the molecule is COC[C@H]1CN(Cc2cccs2)CC12CCN(C1CCCC1)CC2. The molecule has 2 saturated heterocycles. The number of ether oxygens (including phenoxy) is 1. The molecule has 134 valence electrons. The molecule has 0 radical (unpaired) electrons. The normalized spacial score (nSPS) is 29.0. The number of likely N-dealkylation sites (tertiary alicyclic amines) is 2. The Hall–Kier alpha value is -0.420. The minimum Gasteiger partial charge on any atom is -0.384 e. The zero-order valence-corrected chi connectivity index (χ0v) is 15.9. The summed E-state index contributed by atoms with van der Waals surface area (Å²) in [6.45, 7) is 7.19. The van der Waals surface area contributed by atoms with Crippen molar-refractivity contribution in [3.05, 3.63) is 22.4 Å². The first-order valence-corrected chi connectivity index (χ1v) is 10.6. The average Bonchev–Trinajstić information content (AvgIpc) is 3.33. The van der Waals surface area contributed by atoms with Gasteiger partial charge < -0.3 is 9.64 Å². The van der Waals surface area contributed by atoms with Crippen LogP contribution in [0.2, 0.25) is 0 Å². The zero-order valence-electron chi connectivity index (χ0n) is 15.1. The standard InChI is InChI=1S/C20H32N2OS/c1-23-15-17-13-21(14-19-7-4-12-24-19)16-20(17)8-10-22(11-9-20)18-5-2-3-6-18/h4,7,12,17-18H,2-3,5-6,8-11,13-16H2,1H3/t17-/m1/s1. The Labute approximate surface area is 151 Å². The van der Waals surface area contributed by atoms with Gasteiger partial charge in [-0.2, -0.15) is 0 Å². The van der Waals surface area contributed by atoms with Gasteiger partial charge >= 0.3 is 0 Å². The lowest BCUT2D eigenvalue weighted by atomic mass is 9.71. The van der Waals surface area contributed by atoms with Gasteiger partial charge in [-0.25, -0.2) is 0 Å². The fourth-order valence-electron chi connectivity index (χ4n) is 5.49. The van der Waals surface area contributed by atoms with Crippen molar-refractivity contribution in [2.24, 2.45) is 11.3 Å². The molecule has 3 aliphatic rings. The van der Waals surface area contributed by atoms with E-state index < -0.39 is 0 Å². The van der Waals surface area contributed by atoms with E-state index in [1.54, 1.807) is 0 Å². The number of methoxy groups -OCH3 is 1. The predicted molar refractivity (Wildman–Crippen MR) is 100 cm³/mol. The molecule has 0 N–H and O–H groups in total. The molecule has 0 amide bonds. The van der Waals surface area contributed by atoms with Crippen LogP contribution in [0, 0.1) is 11.3 Å². The summed E-state index contributed by atoms with van der Waals surface area (Å²) in [6.07, 6.45) is 8.54. The summed E-state index contributed by atoms with van der Waals surface area (Å²) in [5.41, 5.74) is 0.502. The van der Waals surface area contributed by atoms with Crippen LogP contribution in [0.25, 0.3) is 0 Å². The highest BCUT2D eigenvalue weighted by atomic mass is 32.1. The average molecular weight is 349 g/mol. The summed E-state index contributed by atoms with van der Waals surface area (Å²) < 4.78 is 5.63. The first-order chi connectivity index (χ1) is 11.8. The van der Waals surface area contributed by atoms with Gasteiger partial charge in [-0.15, -0.1) is 11.3 Å². The predicted octanol–water partition coefficient (Wildman–Crippen LogP) is 3.85. The lowest BCUT2D eigenvalue weighted by molar-refractivity contribution is 0.0239. The van der Waals surface area contributed by atoms with Crippen LogP contribution < -0.4 is 0 Å². The number of nitrogens with zero attached hydrogens (tertiary/aromatic N) is 2. The van der Waals surface area contributed by atoms with Crippen molar-refractivity contribution < 1.29 is 4.74 Å². The summed E-state index contributed by atoms with van der Waals surface area (Å²) in [7, 11) is 1.88. The lowest BCUT2D eigenvalue weighted by Crippen LogP contribution is -2.48. The molecule has 4 rings (SSSR count). The third-order valence-corrected chi connectivity index (χ3v) is 7.71. The minimum atomic E-state index is 0.502. The maximum absolute atomic E-state index is 5.63. The number of hydrogen-bond acceptors (Lipinski definition) is 4. The van der Waals surface area contributed by atoms with E-state index in [1.165, 1.54) is 69.6 Å². The van der Waals surface area contributed by atoms with Crippen LogP contribution >= 0.6 is 11.3 Å². The van der Waals surface area contributed by atoms with Gasteiger partial charge in [0.1, 0.15) is 0 Å². The first-order valence-electron chi connectivity index (χ1n) is 9.77. The van der Waals surface area contributed by atoms with Crippen molar-refractivity contribution in [1.82, 2.24) is 9.80 Å². The van der Waals surface area contributed by atoms with Gasteiger partial charge in [0.25, 0.3) is 0 Å². The Bertz CT molecular complexity index is 504. The van der Waals surface area contributed by atoms with Crippen molar-refractivity contribution in [3.8, 4) is 0 Å². The van der Waals surface area contributed by atoms with Crippen molar-refractivity contribution in [2.45, 2.75) is 51.1 Å². The monoisotopic (exact) mass is 348 g/mol. The van der Waals surface area contributed by atoms with Crippen molar-refractivity contribution in [3.63, 3.8) is 0 Å². The Balaban J connectivity index is 1.40. The minimum absolute atomic E-state index is 0.502. The van der Waals surface area contributed by atoms with E-state index in [0.29, 0.717) is 11.3 Å². The van der Waals surface area contributed by atoms with Crippen LogP contribution in [0.4, 0.5) is 0 Å². The van der Waals surface area contributed by atoms with Gasteiger partial charge in [0.2, 0.25) is 0 Å². The van der Waals surface area contributed by atoms with Crippen LogP contribution in [0.15, 0.2) is 17.5 Å².